The van der Waals surface area contributed by atoms with Crippen LogP contribution in [0, 0.1) is 0 Å². The zero-order chi connectivity index (χ0) is 12.4. The summed E-state index contributed by atoms with van der Waals surface area (Å²) in [5.41, 5.74) is 9.01. The van der Waals surface area contributed by atoms with Crippen molar-refractivity contribution < 1.29 is 0 Å². The number of thiophene rings is 1. The summed E-state index contributed by atoms with van der Waals surface area (Å²) < 4.78 is 1.32. The Hall–Kier alpha value is -2.00. The fourth-order valence-corrected chi connectivity index (χ4v) is 2.74. The van der Waals surface area contributed by atoms with Crippen molar-refractivity contribution in [3.63, 3.8) is 0 Å². The number of nitrogens with two attached hydrogens (primary N) is 1. The van der Waals surface area contributed by atoms with Gasteiger partial charge in [0, 0.05) is 22.6 Å². The normalized spacial score (nSPS) is 10.7. The van der Waals surface area contributed by atoms with Gasteiger partial charge in [0.1, 0.15) is 0 Å². The Kier molecular flexibility index (Phi) is 2.90. The first kappa shape index (κ1) is 11.1. The molecular formula is C15H14N2S. The van der Waals surface area contributed by atoms with Gasteiger partial charge < -0.3 is 11.1 Å². The van der Waals surface area contributed by atoms with Gasteiger partial charge in [0.05, 0.1) is 0 Å². The molecule has 0 saturated carbocycles. The van der Waals surface area contributed by atoms with E-state index in [0.29, 0.717) is 0 Å². The maximum absolute atomic E-state index is 5.92. The molecule has 3 aromatic rings. The lowest BCUT2D eigenvalue weighted by atomic mass is 10.1. The van der Waals surface area contributed by atoms with Crippen molar-refractivity contribution in [3.05, 3.63) is 59.5 Å². The molecule has 18 heavy (non-hydrogen) atoms. The molecule has 0 saturated heterocycles. The van der Waals surface area contributed by atoms with Gasteiger partial charge in [0.15, 0.2) is 0 Å². The van der Waals surface area contributed by atoms with Crippen LogP contribution in [0.15, 0.2) is 53.9 Å². The van der Waals surface area contributed by atoms with Crippen LogP contribution in [0.3, 0.4) is 0 Å². The van der Waals surface area contributed by atoms with Crippen LogP contribution in [0.4, 0.5) is 11.4 Å². The van der Waals surface area contributed by atoms with Crippen LogP contribution in [-0.2, 0) is 6.54 Å². The molecule has 0 amide bonds. The van der Waals surface area contributed by atoms with Crippen LogP contribution in [-0.4, -0.2) is 0 Å². The zero-order valence-electron chi connectivity index (χ0n) is 9.89. The Labute approximate surface area is 110 Å². The first-order valence-corrected chi connectivity index (χ1v) is 6.75. The summed E-state index contributed by atoms with van der Waals surface area (Å²) in [6.45, 7) is 0.752. The number of fused-ring (bicyclic) bond motifs is 1. The minimum atomic E-state index is 0.752. The number of anilines is 2. The first-order valence-electron chi connectivity index (χ1n) is 5.87. The average Bonchev–Trinajstić information content (AvgIpc) is 2.85. The minimum Gasteiger partial charge on any atom is -0.398 e. The van der Waals surface area contributed by atoms with Crippen molar-refractivity contribution in [1.82, 2.24) is 0 Å². The molecule has 3 N–H and O–H groups in total. The molecule has 1 heterocycles. The van der Waals surface area contributed by atoms with Gasteiger partial charge >= 0.3 is 0 Å². The van der Waals surface area contributed by atoms with Crippen molar-refractivity contribution in [1.29, 1.82) is 0 Å². The lowest BCUT2D eigenvalue weighted by molar-refractivity contribution is 1.16. The van der Waals surface area contributed by atoms with Gasteiger partial charge in [-0.2, -0.15) is 0 Å². The van der Waals surface area contributed by atoms with E-state index >= 15 is 0 Å². The summed E-state index contributed by atoms with van der Waals surface area (Å²) in [4.78, 5) is 0. The third-order valence-electron chi connectivity index (χ3n) is 2.99. The van der Waals surface area contributed by atoms with Crippen LogP contribution < -0.4 is 11.1 Å². The van der Waals surface area contributed by atoms with Crippen LogP contribution >= 0.6 is 11.3 Å². The van der Waals surface area contributed by atoms with Crippen molar-refractivity contribution in [3.8, 4) is 0 Å². The van der Waals surface area contributed by atoms with Gasteiger partial charge in [-0.3, -0.25) is 0 Å². The van der Waals surface area contributed by atoms with Gasteiger partial charge in [-0.05, 0) is 46.7 Å². The van der Waals surface area contributed by atoms with Crippen LogP contribution in [0.2, 0.25) is 0 Å². The van der Waals surface area contributed by atoms with E-state index in [2.05, 4.69) is 35.0 Å². The second-order valence-electron chi connectivity index (χ2n) is 4.23. The van der Waals surface area contributed by atoms with E-state index in [9.17, 15) is 0 Å². The summed E-state index contributed by atoms with van der Waals surface area (Å²) in [6.07, 6.45) is 0. The molecule has 0 spiro atoms. The number of para-hydroxylation sites is 1. The van der Waals surface area contributed by atoms with Crippen LogP contribution in [0.25, 0.3) is 10.1 Å². The van der Waals surface area contributed by atoms with Gasteiger partial charge in [0.2, 0.25) is 0 Å². The molecule has 0 fully saturated rings. The Balaban J connectivity index is 1.78. The third kappa shape index (κ3) is 2.17. The SMILES string of the molecule is Nc1ccccc1CNc1ccc2sccc2c1. The fraction of sp³-hybridized carbons (Fsp3) is 0.0667. The number of rotatable bonds is 3. The topological polar surface area (TPSA) is 38.0 Å². The maximum atomic E-state index is 5.92. The highest BCUT2D eigenvalue weighted by atomic mass is 32.1. The Morgan fingerprint density at radius 2 is 1.94 bits per heavy atom. The molecule has 0 bridgehead atoms. The van der Waals surface area contributed by atoms with E-state index in [-0.39, 0.29) is 0 Å². The summed E-state index contributed by atoms with van der Waals surface area (Å²) in [5.74, 6) is 0. The maximum Gasteiger partial charge on any atom is 0.0421 e. The molecule has 2 nitrogen and oxygen atoms in total. The first-order chi connectivity index (χ1) is 8.83. The quantitative estimate of drug-likeness (QED) is 0.691. The van der Waals surface area contributed by atoms with Crippen LogP contribution in [0.1, 0.15) is 5.56 Å². The number of hydrogen-bond donors (Lipinski definition) is 2. The molecular weight excluding hydrogens is 240 g/mol. The van der Waals surface area contributed by atoms with Crippen LogP contribution in [0.5, 0.6) is 0 Å². The second-order valence-corrected chi connectivity index (χ2v) is 5.17. The molecule has 3 rings (SSSR count). The monoisotopic (exact) mass is 254 g/mol. The predicted octanol–water partition coefficient (Wildman–Crippen LogP) is 4.10. The molecule has 2 aromatic carbocycles. The van der Waals surface area contributed by atoms with E-state index < -0.39 is 0 Å². The number of nitrogen functional groups attached to an aromatic ring is 1. The van der Waals surface area contributed by atoms with Crippen molar-refractivity contribution in [2.45, 2.75) is 6.54 Å². The van der Waals surface area contributed by atoms with Crippen molar-refractivity contribution in [2.24, 2.45) is 0 Å². The lowest BCUT2D eigenvalue weighted by Gasteiger charge is -2.08. The van der Waals surface area contributed by atoms with Gasteiger partial charge in [-0.15, -0.1) is 11.3 Å². The Morgan fingerprint density at radius 3 is 2.83 bits per heavy atom. The molecule has 0 aliphatic rings. The summed E-state index contributed by atoms with van der Waals surface area (Å²) in [6, 6.07) is 16.5. The molecule has 0 aliphatic heterocycles. The highest BCUT2D eigenvalue weighted by Crippen LogP contribution is 2.24. The molecule has 3 heteroatoms. The van der Waals surface area contributed by atoms with E-state index in [1.54, 1.807) is 11.3 Å². The van der Waals surface area contributed by atoms with Gasteiger partial charge in [-0.1, -0.05) is 18.2 Å². The highest BCUT2D eigenvalue weighted by Gasteiger charge is 1.99. The predicted molar refractivity (Wildman–Crippen MR) is 80.0 cm³/mol. The average molecular weight is 254 g/mol. The smallest absolute Gasteiger partial charge is 0.0421 e. The minimum absolute atomic E-state index is 0.752. The molecule has 0 aliphatic carbocycles. The Morgan fingerprint density at radius 1 is 1.06 bits per heavy atom. The van der Waals surface area contributed by atoms with Gasteiger partial charge in [0.25, 0.3) is 0 Å². The van der Waals surface area contributed by atoms with E-state index in [1.165, 1.54) is 10.1 Å². The molecule has 0 radical (unpaired) electrons. The Bertz CT molecular complexity index is 673. The van der Waals surface area contributed by atoms with E-state index in [4.69, 9.17) is 5.73 Å². The number of benzene rings is 2. The zero-order valence-corrected chi connectivity index (χ0v) is 10.7. The summed E-state index contributed by atoms with van der Waals surface area (Å²) in [5, 5.41) is 6.81. The van der Waals surface area contributed by atoms with E-state index in [1.807, 2.05) is 24.3 Å². The standard InChI is InChI=1S/C15H14N2S/c16-14-4-2-1-3-12(14)10-17-13-5-6-15-11(9-13)7-8-18-15/h1-9,17H,10,16H2. The molecule has 1 aromatic heterocycles. The van der Waals surface area contributed by atoms with Crippen molar-refractivity contribution in [2.75, 3.05) is 11.1 Å². The molecule has 90 valence electrons. The largest absolute Gasteiger partial charge is 0.398 e. The van der Waals surface area contributed by atoms with Gasteiger partial charge in [-0.25, -0.2) is 0 Å². The number of nitrogens with one attached hydrogen (secondary N) is 1. The van der Waals surface area contributed by atoms with Crippen molar-refractivity contribution >= 4 is 32.8 Å². The lowest BCUT2D eigenvalue weighted by Crippen LogP contribution is -2.02. The number of hydrogen-bond acceptors (Lipinski definition) is 3. The molecule has 0 unspecified atom stereocenters. The third-order valence-corrected chi connectivity index (χ3v) is 3.89. The molecule has 0 atom stereocenters. The highest BCUT2D eigenvalue weighted by molar-refractivity contribution is 7.17. The summed E-state index contributed by atoms with van der Waals surface area (Å²) >= 11 is 1.77. The fourth-order valence-electron chi connectivity index (χ4n) is 1.97. The summed E-state index contributed by atoms with van der Waals surface area (Å²) in [7, 11) is 0. The second kappa shape index (κ2) is 4.70. The van der Waals surface area contributed by atoms with E-state index in [0.717, 1.165) is 23.5 Å².